The number of hydrogen-bond acceptors (Lipinski definition) is 2. The van der Waals surface area contributed by atoms with Gasteiger partial charge in [-0.05, 0) is 39.0 Å². The number of nitrogens with zero attached hydrogens (tertiary/aromatic N) is 1. The molecular weight excluding hydrogens is 198 g/mol. The smallest absolute Gasteiger partial charge is 0.0497 e. The fourth-order valence-corrected chi connectivity index (χ4v) is 2.39. The second-order valence-electron chi connectivity index (χ2n) is 6.19. The number of aliphatic hydroxyl groups is 1. The molecule has 0 spiro atoms. The molecule has 0 aromatic rings. The van der Waals surface area contributed by atoms with Crippen molar-refractivity contribution in [3.8, 4) is 0 Å². The van der Waals surface area contributed by atoms with Crippen LogP contribution in [-0.4, -0.2) is 35.7 Å². The summed E-state index contributed by atoms with van der Waals surface area (Å²) in [5.41, 5.74) is 0.0912. The monoisotopic (exact) mass is 227 g/mol. The maximum atomic E-state index is 9.57. The van der Waals surface area contributed by atoms with E-state index < -0.39 is 0 Å². The molecule has 0 saturated heterocycles. The van der Waals surface area contributed by atoms with E-state index in [1.165, 1.54) is 19.4 Å². The molecule has 1 aliphatic rings. The Kier molecular flexibility index (Phi) is 5.26. The fraction of sp³-hybridized carbons (Fsp3) is 1.00. The van der Waals surface area contributed by atoms with Crippen LogP contribution >= 0.6 is 0 Å². The molecular formula is C14H29NO. The Morgan fingerprint density at radius 2 is 2.00 bits per heavy atom. The second kappa shape index (κ2) is 6.02. The van der Waals surface area contributed by atoms with Gasteiger partial charge in [0, 0.05) is 31.2 Å². The van der Waals surface area contributed by atoms with Crippen molar-refractivity contribution in [3.05, 3.63) is 0 Å². The lowest BCUT2D eigenvalue weighted by atomic mass is 9.85. The van der Waals surface area contributed by atoms with Crippen molar-refractivity contribution in [3.63, 3.8) is 0 Å². The predicted molar refractivity (Wildman–Crippen MR) is 69.5 cm³/mol. The van der Waals surface area contributed by atoms with E-state index in [0.717, 1.165) is 25.3 Å². The summed E-state index contributed by atoms with van der Waals surface area (Å²) in [5.74, 6) is 0.937. The molecule has 1 N–H and O–H groups in total. The summed E-state index contributed by atoms with van der Waals surface area (Å²) < 4.78 is 0. The Hall–Kier alpha value is -0.0800. The molecule has 1 fully saturated rings. The highest BCUT2D eigenvalue weighted by atomic mass is 16.3. The summed E-state index contributed by atoms with van der Waals surface area (Å²) >= 11 is 0. The summed E-state index contributed by atoms with van der Waals surface area (Å²) in [5, 5.41) is 9.57. The molecule has 0 bridgehead atoms. The van der Waals surface area contributed by atoms with Gasteiger partial charge in [0.15, 0.2) is 0 Å². The molecule has 1 atom stereocenters. The first-order valence-electron chi connectivity index (χ1n) is 6.85. The fourth-order valence-electron chi connectivity index (χ4n) is 2.39. The third kappa shape index (κ3) is 4.42. The zero-order valence-corrected chi connectivity index (χ0v) is 11.5. The second-order valence-corrected chi connectivity index (χ2v) is 6.19. The molecule has 0 aromatic carbocycles. The SMILES string of the molecule is CCCC(C)(CO)CN(CC1CC1)C(C)C. The molecule has 16 heavy (non-hydrogen) atoms. The van der Waals surface area contributed by atoms with Crippen LogP contribution in [0.25, 0.3) is 0 Å². The first-order valence-corrected chi connectivity index (χ1v) is 6.85. The average Bonchev–Trinajstić information content (AvgIpc) is 3.01. The van der Waals surface area contributed by atoms with E-state index in [0.29, 0.717) is 12.6 Å². The standard InChI is InChI=1S/C14H29NO/c1-5-8-14(4,11-16)10-15(12(2)3)9-13-6-7-13/h12-13,16H,5-11H2,1-4H3. The summed E-state index contributed by atoms with van der Waals surface area (Å²) in [6.07, 6.45) is 5.10. The lowest BCUT2D eigenvalue weighted by molar-refractivity contribution is 0.0635. The van der Waals surface area contributed by atoms with E-state index >= 15 is 0 Å². The van der Waals surface area contributed by atoms with Gasteiger partial charge in [0.1, 0.15) is 0 Å². The molecule has 1 unspecified atom stereocenters. The maximum absolute atomic E-state index is 9.57. The van der Waals surface area contributed by atoms with Crippen molar-refractivity contribution in [1.82, 2.24) is 4.90 Å². The quantitative estimate of drug-likeness (QED) is 0.689. The molecule has 2 nitrogen and oxygen atoms in total. The predicted octanol–water partition coefficient (Wildman–Crippen LogP) is 2.91. The van der Waals surface area contributed by atoms with E-state index in [4.69, 9.17) is 0 Å². The van der Waals surface area contributed by atoms with Gasteiger partial charge in [0.05, 0.1) is 0 Å². The Bertz CT molecular complexity index is 201. The first kappa shape index (κ1) is 14.0. The summed E-state index contributed by atoms with van der Waals surface area (Å²) in [4.78, 5) is 2.56. The van der Waals surface area contributed by atoms with Crippen LogP contribution in [0, 0.1) is 11.3 Å². The molecule has 0 heterocycles. The van der Waals surface area contributed by atoms with Crippen LogP contribution in [0.3, 0.4) is 0 Å². The highest BCUT2D eigenvalue weighted by Crippen LogP contribution is 2.32. The van der Waals surface area contributed by atoms with Gasteiger partial charge in [-0.1, -0.05) is 20.3 Å². The molecule has 1 saturated carbocycles. The van der Waals surface area contributed by atoms with Gasteiger partial charge in [-0.25, -0.2) is 0 Å². The number of hydrogen-bond donors (Lipinski definition) is 1. The van der Waals surface area contributed by atoms with Crippen LogP contribution in [-0.2, 0) is 0 Å². The van der Waals surface area contributed by atoms with Crippen LogP contribution in [0.2, 0.25) is 0 Å². The van der Waals surface area contributed by atoms with Gasteiger partial charge in [-0.2, -0.15) is 0 Å². The van der Waals surface area contributed by atoms with Crippen molar-refractivity contribution < 1.29 is 5.11 Å². The van der Waals surface area contributed by atoms with Gasteiger partial charge in [0.2, 0.25) is 0 Å². The Labute approximate surface area is 101 Å². The van der Waals surface area contributed by atoms with Crippen LogP contribution in [0.4, 0.5) is 0 Å². The van der Waals surface area contributed by atoms with Crippen molar-refractivity contribution in [2.24, 2.45) is 11.3 Å². The molecule has 1 aliphatic carbocycles. The molecule has 2 heteroatoms. The summed E-state index contributed by atoms with van der Waals surface area (Å²) in [7, 11) is 0. The summed E-state index contributed by atoms with van der Waals surface area (Å²) in [6.45, 7) is 11.6. The minimum Gasteiger partial charge on any atom is -0.396 e. The number of rotatable bonds is 8. The van der Waals surface area contributed by atoms with Gasteiger partial charge in [0.25, 0.3) is 0 Å². The zero-order valence-electron chi connectivity index (χ0n) is 11.5. The van der Waals surface area contributed by atoms with Crippen molar-refractivity contribution in [2.45, 2.75) is 59.4 Å². The molecule has 0 radical (unpaired) electrons. The van der Waals surface area contributed by atoms with Crippen LogP contribution < -0.4 is 0 Å². The van der Waals surface area contributed by atoms with Gasteiger partial charge >= 0.3 is 0 Å². The van der Waals surface area contributed by atoms with E-state index in [1.54, 1.807) is 0 Å². The van der Waals surface area contributed by atoms with E-state index in [1.807, 2.05) is 0 Å². The number of aliphatic hydroxyl groups excluding tert-OH is 1. The lowest BCUT2D eigenvalue weighted by Crippen LogP contribution is -2.42. The largest absolute Gasteiger partial charge is 0.396 e. The topological polar surface area (TPSA) is 23.5 Å². The van der Waals surface area contributed by atoms with Crippen molar-refractivity contribution in [2.75, 3.05) is 19.7 Å². The molecule has 0 amide bonds. The highest BCUT2D eigenvalue weighted by Gasteiger charge is 2.30. The van der Waals surface area contributed by atoms with Crippen LogP contribution in [0.15, 0.2) is 0 Å². The molecule has 0 aromatic heterocycles. The van der Waals surface area contributed by atoms with Crippen LogP contribution in [0.1, 0.15) is 53.4 Å². The van der Waals surface area contributed by atoms with E-state index in [9.17, 15) is 5.11 Å². The Balaban J connectivity index is 2.49. The first-order chi connectivity index (χ1) is 7.50. The van der Waals surface area contributed by atoms with Crippen molar-refractivity contribution >= 4 is 0 Å². The summed E-state index contributed by atoms with van der Waals surface area (Å²) in [6, 6.07) is 0.600. The minimum absolute atomic E-state index is 0.0912. The molecule has 96 valence electrons. The molecule has 0 aliphatic heterocycles. The molecule has 1 rings (SSSR count). The maximum Gasteiger partial charge on any atom is 0.0497 e. The Morgan fingerprint density at radius 1 is 1.38 bits per heavy atom. The van der Waals surface area contributed by atoms with Crippen molar-refractivity contribution in [1.29, 1.82) is 0 Å². The van der Waals surface area contributed by atoms with Gasteiger partial charge in [-0.3, -0.25) is 0 Å². The average molecular weight is 227 g/mol. The third-order valence-electron chi connectivity index (χ3n) is 3.74. The van der Waals surface area contributed by atoms with Gasteiger partial charge < -0.3 is 10.0 Å². The minimum atomic E-state index is 0.0912. The normalized spacial score (nSPS) is 20.4. The van der Waals surface area contributed by atoms with E-state index in [2.05, 4.69) is 32.6 Å². The third-order valence-corrected chi connectivity index (χ3v) is 3.74. The van der Waals surface area contributed by atoms with Gasteiger partial charge in [-0.15, -0.1) is 0 Å². The highest BCUT2D eigenvalue weighted by molar-refractivity contribution is 4.84. The van der Waals surface area contributed by atoms with Crippen LogP contribution in [0.5, 0.6) is 0 Å². The van der Waals surface area contributed by atoms with E-state index in [-0.39, 0.29) is 5.41 Å². The zero-order chi connectivity index (χ0) is 12.2. The Morgan fingerprint density at radius 3 is 2.38 bits per heavy atom. The lowest BCUT2D eigenvalue weighted by Gasteiger charge is -2.36.